The van der Waals surface area contributed by atoms with Crippen LogP contribution in [0.5, 0.6) is 0 Å². The van der Waals surface area contributed by atoms with Crippen LogP contribution >= 0.6 is 0 Å². The zero-order valence-corrected chi connectivity index (χ0v) is 10.2. The highest BCUT2D eigenvalue weighted by molar-refractivity contribution is 5.85. The molecule has 0 aliphatic rings. The summed E-state index contributed by atoms with van der Waals surface area (Å²) in [5, 5.41) is 11.4. The van der Waals surface area contributed by atoms with Crippen LogP contribution in [0.25, 0.3) is 10.8 Å². The van der Waals surface area contributed by atoms with Crippen molar-refractivity contribution in [1.29, 1.82) is 0 Å². The topological polar surface area (TPSA) is 59.1 Å². The van der Waals surface area contributed by atoms with E-state index in [0.29, 0.717) is 5.92 Å². The molecule has 0 radical (unpaired) electrons. The van der Waals surface area contributed by atoms with E-state index in [1.54, 1.807) is 0 Å². The maximum atomic E-state index is 9.06. The zero-order valence-electron chi connectivity index (χ0n) is 10.2. The van der Waals surface area contributed by atoms with Gasteiger partial charge in [-0.1, -0.05) is 26.0 Å². The lowest BCUT2D eigenvalue weighted by Crippen LogP contribution is -2.14. The average molecular weight is 230 g/mol. The first-order valence-corrected chi connectivity index (χ1v) is 5.87. The van der Waals surface area contributed by atoms with Crippen LogP contribution in [0.1, 0.15) is 36.9 Å². The Bertz CT molecular complexity index is 523. The van der Waals surface area contributed by atoms with Crippen LogP contribution in [0, 0.1) is 0 Å². The maximum Gasteiger partial charge on any atom is 0.0624 e. The molecular formula is C14H18N2O. The molecule has 0 amide bonds. The highest BCUT2D eigenvalue weighted by Crippen LogP contribution is 2.26. The van der Waals surface area contributed by atoms with E-state index in [1.807, 2.05) is 24.5 Å². The van der Waals surface area contributed by atoms with Gasteiger partial charge in [0, 0.05) is 17.8 Å². The summed E-state index contributed by atoms with van der Waals surface area (Å²) in [5.74, 6) is 0.448. The maximum absolute atomic E-state index is 9.06. The summed E-state index contributed by atoms with van der Waals surface area (Å²) in [6.45, 7) is 4.27. The molecule has 2 aromatic rings. The van der Waals surface area contributed by atoms with Crippen molar-refractivity contribution in [2.75, 3.05) is 6.61 Å². The van der Waals surface area contributed by atoms with Crippen molar-refractivity contribution < 1.29 is 5.11 Å². The fraction of sp³-hybridized carbons (Fsp3) is 0.357. The molecule has 1 atom stereocenters. The quantitative estimate of drug-likeness (QED) is 0.851. The molecule has 17 heavy (non-hydrogen) atoms. The Kier molecular flexibility index (Phi) is 3.41. The molecule has 3 N–H and O–H groups in total. The highest BCUT2D eigenvalue weighted by atomic mass is 16.3. The number of aliphatic hydroxyl groups is 1. The minimum atomic E-state index is -0.317. The van der Waals surface area contributed by atoms with Gasteiger partial charge in [0.05, 0.1) is 12.6 Å². The normalized spacial score (nSPS) is 13.2. The van der Waals surface area contributed by atoms with E-state index >= 15 is 0 Å². The first-order valence-electron chi connectivity index (χ1n) is 5.87. The van der Waals surface area contributed by atoms with Gasteiger partial charge in [-0.3, -0.25) is 4.98 Å². The lowest BCUT2D eigenvalue weighted by molar-refractivity contribution is 0.268. The second-order valence-electron chi connectivity index (χ2n) is 4.65. The Morgan fingerprint density at radius 3 is 2.71 bits per heavy atom. The van der Waals surface area contributed by atoms with E-state index in [1.165, 1.54) is 10.9 Å². The van der Waals surface area contributed by atoms with Crippen LogP contribution < -0.4 is 5.73 Å². The number of hydrogen-bond donors (Lipinski definition) is 2. The number of nitrogens with zero attached hydrogens (tertiary/aromatic N) is 1. The lowest BCUT2D eigenvalue weighted by Gasteiger charge is -2.12. The Hall–Kier alpha value is -1.45. The van der Waals surface area contributed by atoms with Crippen LogP contribution in [0.4, 0.5) is 0 Å². The monoisotopic (exact) mass is 230 g/mol. The van der Waals surface area contributed by atoms with Gasteiger partial charge in [-0.25, -0.2) is 0 Å². The molecule has 1 aromatic heterocycles. The SMILES string of the molecule is CC(C)c1cncc2cc(C(N)CO)ccc12. The first kappa shape index (κ1) is 12.0. The Morgan fingerprint density at radius 2 is 2.06 bits per heavy atom. The molecule has 1 aromatic carbocycles. The molecule has 0 aliphatic carbocycles. The van der Waals surface area contributed by atoms with E-state index in [0.717, 1.165) is 10.9 Å². The van der Waals surface area contributed by atoms with Crippen LogP contribution in [0.15, 0.2) is 30.6 Å². The van der Waals surface area contributed by atoms with Gasteiger partial charge in [-0.2, -0.15) is 0 Å². The third-order valence-corrected chi connectivity index (χ3v) is 3.06. The molecule has 0 fully saturated rings. The summed E-state index contributed by atoms with van der Waals surface area (Å²) in [6, 6.07) is 5.74. The molecule has 0 spiro atoms. The smallest absolute Gasteiger partial charge is 0.0624 e. The minimum absolute atomic E-state index is 0.0389. The van der Waals surface area contributed by atoms with Gasteiger partial charge in [0.25, 0.3) is 0 Å². The zero-order chi connectivity index (χ0) is 12.4. The molecule has 1 unspecified atom stereocenters. The molecule has 0 aliphatic heterocycles. The van der Waals surface area contributed by atoms with Gasteiger partial charge in [0.15, 0.2) is 0 Å². The summed E-state index contributed by atoms with van der Waals surface area (Å²) in [5.41, 5.74) is 8.00. The fourth-order valence-corrected chi connectivity index (χ4v) is 2.01. The van der Waals surface area contributed by atoms with Crippen molar-refractivity contribution in [3.05, 3.63) is 41.7 Å². The Balaban J connectivity index is 2.57. The Labute approximate surface area is 101 Å². The number of fused-ring (bicyclic) bond motifs is 1. The van der Waals surface area contributed by atoms with Crippen molar-refractivity contribution >= 4 is 10.8 Å². The molecule has 0 saturated carbocycles. The number of pyridine rings is 1. The van der Waals surface area contributed by atoms with Gasteiger partial charge in [0.2, 0.25) is 0 Å². The number of aliphatic hydroxyl groups excluding tert-OH is 1. The van der Waals surface area contributed by atoms with E-state index in [-0.39, 0.29) is 12.6 Å². The first-order chi connectivity index (χ1) is 8.13. The standard InChI is InChI=1S/C14H18N2O/c1-9(2)13-7-16-6-11-5-10(14(15)8-17)3-4-12(11)13/h3-7,9,14,17H,8,15H2,1-2H3. The number of benzene rings is 1. The summed E-state index contributed by atoms with van der Waals surface area (Å²) in [6.07, 6.45) is 3.76. The second kappa shape index (κ2) is 4.82. The molecule has 1 heterocycles. The van der Waals surface area contributed by atoms with Gasteiger partial charge in [0.1, 0.15) is 0 Å². The molecule has 2 rings (SSSR count). The summed E-state index contributed by atoms with van der Waals surface area (Å²) in [4.78, 5) is 4.26. The number of aromatic nitrogens is 1. The van der Waals surface area contributed by atoms with Gasteiger partial charge in [-0.15, -0.1) is 0 Å². The lowest BCUT2D eigenvalue weighted by atomic mass is 9.96. The number of nitrogens with two attached hydrogens (primary N) is 1. The van der Waals surface area contributed by atoms with Crippen molar-refractivity contribution in [3.8, 4) is 0 Å². The van der Waals surface area contributed by atoms with E-state index in [2.05, 4.69) is 24.9 Å². The third kappa shape index (κ3) is 2.30. The van der Waals surface area contributed by atoms with Crippen LogP contribution in [0.3, 0.4) is 0 Å². The molecule has 90 valence electrons. The molecule has 0 bridgehead atoms. The summed E-state index contributed by atoms with van der Waals surface area (Å²) >= 11 is 0. The van der Waals surface area contributed by atoms with Gasteiger partial charge in [-0.05, 0) is 28.5 Å². The summed E-state index contributed by atoms with van der Waals surface area (Å²) < 4.78 is 0. The minimum Gasteiger partial charge on any atom is -0.394 e. The molecule has 0 saturated heterocycles. The molecule has 3 nitrogen and oxygen atoms in total. The van der Waals surface area contributed by atoms with Crippen molar-refractivity contribution in [2.24, 2.45) is 5.73 Å². The predicted molar refractivity (Wildman–Crippen MR) is 69.8 cm³/mol. The Morgan fingerprint density at radius 1 is 1.29 bits per heavy atom. The van der Waals surface area contributed by atoms with E-state index < -0.39 is 0 Å². The molecular weight excluding hydrogens is 212 g/mol. The summed E-state index contributed by atoms with van der Waals surface area (Å²) in [7, 11) is 0. The van der Waals surface area contributed by atoms with Gasteiger partial charge >= 0.3 is 0 Å². The second-order valence-corrected chi connectivity index (χ2v) is 4.65. The van der Waals surface area contributed by atoms with Crippen LogP contribution in [-0.4, -0.2) is 16.7 Å². The largest absolute Gasteiger partial charge is 0.394 e. The number of rotatable bonds is 3. The van der Waals surface area contributed by atoms with Crippen LogP contribution in [-0.2, 0) is 0 Å². The van der Waals surface area contributed by atoms with E-state index in [9.17, 15) is 0 Å². The van der Waals surface area contributed by atoms with Crippen molar-refractivity contribution in [2.45, 2.75) is 25.8 Å². The fourth-order valence-electron chi connectivity index (χ4n) is 2.01. The van der Waals surface area contributed by atoms with Crippen molar-refractivity contribution in [3.63, 3.8) is 0 Å². The average Bonchev–Trinajstić information content (AvgIpc) is 2.36. The highest BCUT2D eigenvalue weighted by Gasteiger charge is 2.09. The third-order valence-electron chi connectivity index (χ3n) is 3.06. The van der Waals surface area contributed by atoms with Crippen LogP contribution in [0.2, 0.25) is 0 Å². The van der Waals surface area contributed by atoms with Gasteiger partial charge < -0.3 is 10.8 Å². The van der Waals surface area contributed by atoms with E-state index in [4.69, 9.17) is 10.8 Å². The number of hydrogen-bond acceptors (Lipinski definition) is 3. The molecule has 3 heteroatoms. The predicted octanol–water partition coefficient (Wildman–Crippen LogP) is 2.35. The van der Waals surface area contributed by atoms with Crippen molar-refractivity contribution in [1.82, 2.24) is 4.98 Å².